The number of benzene rings is 2. The lowest BCUT2D eigenvalue weighted by Gasteiger charge is -2.32. The molecule has 0 saturated heterocycles. The molecule has 0 radical (unpaired) electrons. The smallest absolute Gasteiger partial charge is 0.409 e. The van der Waals surface area contributed by atoms with E-state index in [1.807, 2.05) is 24.4 Å². The molecule has 9 heteroatoms. The number of carboxylic acid groups (broad SMARTS) is 1. The molecule has 0 unspecified atom stereocenters. The molecule has 36 heavy (non-hydrogen) atoms. The van der Waals surface area contributed by atoms with Gasteiger partial charge in [0.1, 0.15) is 5.75 Å². The van der Waals surface area contributed by atoms with Crippen LogP contribution in [0.3, 0.4) is 0 Å². The first kappa shape index (κ1) is 25.8. The first-order valence-corrected chi connectivity index (χ1v) is 13.0. The summed E-state index contributed by atoms with van der Waals surface area (Å²) in [4.78, 5) is 26.8. The lowest BCUT2D eigenvalue weighted by molar-refractivity contribution is -0.113. The normalized spacial score (nSPS) is 16.2. The van der Waals surface area contributed by atoms with Gasteiger partial charge >= 0.3 is 6.09 Å². The van der Waals surface area contributed by atoms with E-state index in [1.54, 1.807) is 25.3 Å². The average molecular weight is 510 g/mol. The van der Waals surface area contributed by atoms with Gasteiger partial charge in [0.25, 0.3) is 0 Å². The minimum Gasteiger partial charge on any atom is -0.497 e. The summed E-state index contributed by atoms with van der Waals surface area (Å²) in [6.45, 7) is 0. The third-order valence-corrected chi connectivity index (χ3v) is 7.62. The summed E-state index contributed by atoms with van der Waals surface area (Å²) < 4.78 is 5.31. The minimum absolute atomic E-state index is 0.0695. The molecule has 2 aliphatic rings. The SMILES string of the molecule is COc1ccc2nccc(CCC3(O)CCCCC3)c2c1.O=C(O)Nc1ccc2c(c1)NC(=O)CS2. The molecule has 5 rings (SSSR count). The van der Waals surface area contributed by atoms with Crippen LogP contribution in [-0.2, 0) is 11.2 Å². The maximum absolute atomic E-state index is 11.1. The monoisotopic (exact) mass is 509 g/mol. The van der Waals surface area contributed by atoms with Crippen LogP contribution in [0.15, 0.2) is 53.6 Å². The Hall–Kier alpha value is -3.30. The van der Waals surface area contributed by atoms with Crippen LogP contribution < -0.4 is 15.4 Å². The highest BCUT2D eigenvalue weighted by Crippen LogP contribution is 2.34. The van der Waals surface area contributed by atoms with Crippen LogP contribution in [0.5, 0.6) is 5.75 Å². The zero-order valence-corrected chi connectivity index (χ0v) is 21.1. The zero-order valence-electron chi connectivity index (χ0n) is 20.3. The second kappa shape index (κ2) is 11.6. The minimum atomic E-state index is -1.12. The number of aliphatic hydroxyl groups is 1. The Labute approximate surface area is 214 Å². The van der Waals surface area contributed by atoms with Crippen molar-refractivity contribution in [2.45, 2.75) is 55.4 Å². The molecule has 1 fully saturated rings. The van der Waals surface area contributed by atoms with Gasteiger partial charge in [-0.05, 0) is 73.7 Å². The average Bonchev–Trinajstić information content (AvgIpc) is 2.87. The van der Waals surface area contributed by atoms with Crippen molar-refractivity contribution in [3.05, 3.63) is 54.2 Å². The highest BCUT2D eigenvalue weighted by molar-refractivity contribution is 8.00. The van der Waals surface area contributed by atoms with Gasteiger partial charge < -0.3 is 20.3 Å². The number of hydrogen-bond acceptors (Lipinski definition) is 6. The van der Waals surface area contributed by atoms with Crippen molar-refractivity contribution in [3.63, 3.8) is 0 Å². The Balaban J connectivity index is 0.000000179. The lowest BCUT2D eigenvalue weighted by Crippen LogP contribution is -2.31. The Kier molecular flexibility index (Phi) is 8.32. The van der Waals surface area contributed by atoms with Gasteiger partial charge in [0, 0.05) is 22.2 Å². The summed E-state index contributed by atoms with van der Waals surface area (Å²) >= 11 is 1.44. The highest BCUT2D eigenvalue weighted by atomic mass is 32.2. The number of thioether (sulfide) groups is 1. The second-order valence-electron chi connectivity index (χ2n) is 9.12. The molecule has 0 bridgehead atoms. The molecule has 1 aliphatic heterocycles. The summed E-state index contributed by atoms with van der Waals surface area (Å²) in [6, 6.07) is 13.1. The number of ether oxygens (including phenoxy) is 1. The number of hydrogen-bond donors (Lipinski definition) is 4. The van der Waals surface area contributed by atoms with Gasteiger partial charge in [0.15, 0.2) is 0 Å². The number of rotatable bonds is 5. The number of nitrogens with one attached hydrogen (secondary N) is 2. The van der Waals surface area contributed by atoms with Crippen molar-refractivity contribution in [3.8, 4) is 5.75 Å². The van der Waals surface area contributed by atoms with Crippen molar-refractivity contribution >= 4 is 46.0 Å². The standard InChI is InChI=1S/C18H23NO2.C9H8N2O3S/c1-21-15-5-6-17-16(13-15)14(8-12-19-17)7-11-18(20)9-3-2-4-10-18;12-8-4-15-7-2-1-5(10-9(13)14)3-6(7)11-8/h5-6,8,12-13,20H,2-4,7,9-11H2,1H3;1-3,10H,4H2,(H,11,12)(H,13,14). The molecule has 8 nitrogen and oxygen atoms in total. The first-order valence-electron chi connectivity index (χ1n) is 12.1. The van der Waals surface area contributed by atoms with Gasteiger partial charge in [0.05, 0.1) is 29.7 Å². The fourth-order valence-corrected chi connectivity index (χ4v) is 5.43. The van der Waals surface area contributed by atoms with Gasteiger partial charge in [-0.3, -0.25) is 15.1 Å². The molecular weight excluding hydrogens is 478 g/mol. The number of carbonyl (C=O) groups is 2. The van der Waals surface area contributed by atoms with E-state index in [2.05, 4.69) is 21.7 Å². The number of nitrogens with zero attached hydrogens (tertiary/aromatic N) is 1. The number of anilines is 2. The van der Waals surface area contributed by atoms with E-state index in [-0.39, 0.29) is 5.91 Å². The van der Waals surface area contributed by atoms with E-state index < -0.39 is 11.7 Å². The van der Waals surface area contributed by atoms with Crippen molar-refractivity contribution in [1.29, 1.82) is 0 Å². The van der Waals surface area contributed by atoms with Crippen LogP contribution in [0.25, 0.3) is 10.9 Å². The van der Waals surface area contributed by atoms with Crippen LogP contribution in [0.4, 0.5) is 16.2 Å². The van der Waals surface area contributed by atoms with Crippen molar-refractivity contribution < 1.29 is 24.5 Å². The molecular formula is C27H31N3O5S. The molecule has 0 spiro atoms. The molecule has 2 aromatic carbocycles. The number of pyridine rings is 1. The van der Waals surface area contributed by atoms with E-state index in [9.17, 15) is 14.7 Å². The Bertz CT molecular complexity index is 1240. The van der Waals surface area contributed by atoms with Gasteiger partial charge in [-0.2, -0.15) is 0 Å². The van der Waals surface area contributed by atoms with E-state index in [4.69, 9.17) is 9.84 Å². The van der Waals surface area contributed by atoms with E-state index in [0.717, 1.165) is 60.1 Å². The van der Waals surface area contributed by atoms with Gasteiger partial charge in [-0.15, -0.1) is 11.8 Å². The number of aryl methyl sites for hydroxylation is 1. The van der Waals surface area contributed by atoms with Gasteiger partial charge in [0.2, 0.25) is 5.91 Å². The molecule has 1 saturated carbocycles. The molecule has 1 aliphatic carbocycles. The van der Waals surface area contributed by atoms with Crippen molar-refractivity contribution in [2.75, 3.05) is 23.5 Å². The van der Waals surface area contributed by atoms with Crippen LogP contribution in [0, 0.1) is 0 Å². The summed E-state index contributed by atoms with van der Waals surface area (Å²) in [5.74, 6) is 1.19. The molecule has 2 heterocycles. The molecule has 1 aromatic heterocycles. The maximum Gasteiger partial charge on any atom is 0.409 e. The topological polar surface area (TPSA) is 121 Å². The largest absolute Gasteiger partial charge is 0.497 e. The summed E-state index contributed by atoms with van der Waals surface area (Å²) in [5.41, 5.74) is 2.88. The van der Waals surface area contributed by atoms with Crippen LogP contribution in [-0.4, -0.2) is 45.7 Å². The summed E-state index contributed by atoms with van der Waals surface area (Å²) in [5, 5.41) is 25.2. The van der Waals surface area contributed by atoms with Crippen LogP contribution in [0.2, 0.25) is 0 Å². The third-order valence-electron chi connectivity index (χ3n) is 6.55. The number of aromatic nitrogens is 1. The Morgan fingerprint density at radius 1 is 1.17 bits per heavy atom. The Morgan fingerprint density at radius 3 is 2.72 bits per heavy atom. The third kappa shape index (κ3) is 6.67. The van der Waals surface area contributed by atoms with Gasteiger partial charge in [-0.25, -0.2) is 4.79 Å². The van der Waals surface area contributed by atoms with Gasteiger partial charge in [-0.1, -0.05) is 19.3 Å². The zero-order chi connectivity index (χ0) is 25.5. The quantitative estimate of drug-likeness (QED) is 0.349. The highest BCUT2D eigenvalue weighted by Gasteiger charge is 2.28. The predicted octanol–water partition coefficient (Wildman–Crippen LogP) is 5.69. The number of fused-ring (bicyclic) bond motifs is 2. The number of carbonyl (C=O) groups excluding carboxylic acids is 1. The molecule has 2 amide bonds. The van der Waals surface area contributed by atoms with Crippen molar-refractivity contribution in [2.24, 2.45) is 0 Å². The molecule has 190 valence electrons. The fraction of sp³-hybridized carbons (Fsp3) is 0.370. The number of amides is 2. The van der Waals surface area contributed by atoms with E-state index in [0.29, 0.717) is 17.1 Å². The van der Waals surface area contributed by atoms with E-state index in [1.165, 1.54) is 23.7 Å². The Morgan fingerprint density at radius 2 is 1.97 bits per heavy atom. The fourth-order valence-electron chi connectivity index (χ4n) is 4.64. The van der Waals surface area contributed by atoms with Crippen molar-refractivity contribution in [1.82, 2.24) is 4.98 Å². The van der Waals surface area contributed by atoms with Crippen LogP contribution >= 0.6 is 11.8 Å². The molecule has 4 N–H and O–H groups in total. The summed E-state index contributed by atoms with van der Waals surface area (Å²) in [6.07, 6.45) is 7.92. The molecule has 0 atom stereocenters. The maximum atomic E-state index is 11.1. The predicted molar refractivity (Wildman–Crippen MR) is 142 cm³/mol. The lowest BCUT2D eigenvalue weighted by atomic mass is 9.81. The van der Waals surface area contributed by atoms with E-state index >= 15 is 0 Å². The molecule has 3 aromatic rings. The van der Waals surface area contributed by atoms with Crippen LogP contribution in [0.1, 0.15) is 44.1 Å². The number of methoxy groups -OCH3 is 1. The first-order chi connectivity index (χ1) is 17.3. The second-order valence-corrected chi connectivity index (χ2v) is 10.1. The summed E-state index contributed by atoms with van der Waals surface area (Å²) in [7, 11) is 1.68.